The zero-order valence-corrected chi connectivity index (χ0v) is 22.6. The number of benzene rings is 3. The summed E-state index contributed by atoms with van der Waals surface area (Å²) >= 11 is 0. The van der Waals surface area contributed by atoms with E-state index in [4.69, 9.17) is 14.6 Å². The third-order valence-electron chi connectivity index (χ3n) is 6.82. The van der Waals surface area contributed by atoms with Gasteiger partial charge < -0.3 is 14.6 Å². The van der Waals surface area contributed by atoms with E-state index in [2.05, 4.69) is 4.90 Å². The number of carboxylic acids is 1. The van der Waals surface area contributed by atoms with Gasteiger partial charge in [0.2, 0.25) is 0 Å². The van der Waals surface area contributed by atoms with E-state index in [1.807, 2.05) is 49.4 Å². The standard InChI is InChI=1S/C31H36F3NO4/c1-22-27(38-2)20-25(21-28(22)39-3)30(24-13-5-4-6-14-24)35(17-8-7-16-29(36)37)18-10-12-23-11-9-15-26(19-23)31(32,33)34/h4-6,9,11,13-15,19-21,30H,7-8,10,12,16-18H2,1-3H3,(H,36,37). The summed E-state index contributed by atoms with van der Waals surface area (Å²) in [5.74, 6) is 0.555. The lowest BCUT2D eigenvalue weighted by molar-refractivity contribution is -0.138. The van der Waals surface area contributed by atoms with Gasteiger partial charge in [0.25, 0.3) is 0 Å². The molecule has 0 fully saturated rings. The topological polar surface area (TPSA) is 59.0 Å². The fourth-order valence-corrected chi connectivity index (χ4v) is 4.86. The van der Waals surface area contributed by atoms with Gasteiger partial charge >= 0.3 is 12.1 Å². The Balaban J connectivity index is 1.94. The van der Waals surface area contributed by atoms with E-state index in [0.717, 1.165) is 22.8 Å². The predicted octanol–water partition coefficient (Wildman–Crippen LogP) is 7.31. The van der Waals surface area contributed by atoms with E-state index >= 15 is 0 Å². The second-order valence-corrected chi connectivity index (χ2v) is 9.55. The van der Waals surface area contributed by atoms with Crippen molar-refractivity contribution >= 4 is 5.97 Å². The average Bonchev–Trinajstić information content (AvgIpc) is 2.91. The van der Waals surface area contributed by atoms with Gasteiger partial charge in [-0.3, -0.25) is 9.69 Å². The minimum absolute atomic E-state index is 0.0836. The Labute approximate surface area is 228 Å². The normalized spacial score (nSPS) is 12.4. The lowest BCUT2D eigenvalue weighted by Crippen LogP contribution is -2.32. The van der Waals surface area contributed by atoms with Crippen molar-refractivity contribution in [3.63, 3.8) is 0 Å². The second-order valence-electron chi connectivity index (χ2n) is 9.55. The van der Waals surface area contributed by atoms with Crippen LogP contribution in [0.25, 0.3) is 0 Å². The molecule has 3 aromatic rings. The molecular weight excluding hydrogens is 507 g/mol. The van der Waals surface area contributed by atoms with Crippen LogP contribution in [0.15, 0.2) is 66.7 Å². The Morgan fingerprint density at radius 2 is 1.51 bits per heavy atom. The number of aliphatic carboxylic acids is 1. The van der Waals surface area contributed by atoms with Gasteiger partial charge in [0.15, 0.2) is 0 Å². The van der Waals surface area contributed by atoms with Crippen molar-refractivity contribution < 1.29 is 32.5 Å². The Morgan fingerprint density at radius 1 is 0.872 bits per heavy atom. The maximum absolute atomic E-state index is 13.2. The van der Waals surface area contributed by atoms with Crippen LogP contribution in [0, 0.1) is 6.92 Å². The SMILES string of the molecule is COc1cc(C(c2ccccc2)N(CCCCC(=O)O)CCCc2cccc(C(F)(F)F)c2)cc(OC)c1C. The van der Waals surface area contributed by atoms with Crippen molar-refractivity contribution in [2.45, 2.75) is 51.2 Å². The Morgan fingerprint density at radius 3 is 2.10 bits per heavy atom. The van der Waals surface area contributed by atoms with Gasteiger partial charge in [-0.1, -0.05) is 48.5 Å². The van der Waals surface area contributed by atoms with Gasteiger partial charge in [-0.25, -0.2) is 0 Å². The first kappa shape index (κ1) is 30.0. The Bertz CT molecular complexity index is 1190. The molecule has 0 amide bonds. The van der Waals surface area contributed by atoms with Crippen LogP contribution in [0.5, 0.6) is 11.5 Å². The lowest BCUT2D eigenvalue weighted by atomic mass is 9.94. The summed E-state index contributed by atoms with van der Waals surface area (Å²) in [5.41, 5.74) is 2.87. The lowest BCUT2D eigenvalue weighted by Gasteiger charge is -2.33. The van der Waals surface area contributed by atoms with Crippen molar-refractivity contribution in [1.82, 2.24) is 4.90 Å². The second kappa shape index (κ2) is 14.0. The largest absolute Gasteiger partial charge is 0.496 e. The maximum atomic E-state index is 13.2. The van der Waals surface area contributed by atoms with Gasteiger partial charge in [0.1, 0.15) is 11.5 Å². The van der Waals surface area contributed by atoms with Crippen molar-refractivity contribution in [3.8, 4) is 11.5 Å². The summed E-state index contributed by atoms with van der Waals surface area (Å²) in [6.07, 6.45) is -1.99. The number of ether oxygens (including phenoxy) is 2. The number of hydrogen-bond acceptors (Lipinski definition) is 4. The van der Waals surface area contributed by atoms with Gasteiger partial charge in [-0.2, -0.15) is 13.2 Å². The number of carboxylic acid groups (broad SMARTS) is 1. The molecule has 1 N–H and O–H groups in total. The van der Waals surface area contributed by atoms with Crippen molar-refractivity contribution in [1.29, 1.82) is 0 Å². The van der Waals surface area contributed by atoms with Crippen LogP contribution in [0.3, 0.4) is 0 Å². The number of hydrogen-bond donors (Lipinski definition) is 1. The molecule has 39 heavy (non-hydrogen) atoms. The summed E-state index contributed by atoms with van der Waals surface area (Å²) in [6.45, 7) is 3.15. The highest BCUT2D eigenvalue weighted by atomic mass is 19.4. The molecule has 0 aromatic heterocycles. The van der Waals surface area contributed by atoms with Crippen molar-refractivity contribution in [2.75, 3.05) is 27.3 Å². The number of nitrogens with zero attached hydrogens (tertiary/aromatic N) is 1. The molecule has 3 aromatic carbocycles. The molecule has 210 valence electrons. The van der Waals surface area contributed by atoms with E-state index in [0.29, 0.717) is 55.8 Å². The molecule has 0 spiro atoms. The molecule has 5 nitrogen and oxygen atoms in total. The van der Waals surface area contributed by atoms with E-state index < -0.39 is 17.7 Å². The van der Waals surface area contributed by atoms with Crippen LogP contribution in [-0.4, -0.2) is 43.3 Å². The molecule has 0 bridgehead atoms. The van der Waals surface area contributed by atoms with E-state index in [1.54, 1.807) is 20.3 Å². The number of carbonyl (C=O) groups is 1. The van der Waals surface area contributed by atoms with E-state index in [-0.39, 0.29) is 12.5 Å². The van der Waals surface area contributed by atoms with Crippen LogP contribution in [-0.2, 0) is 17.4 Å². The summed E-state index contributed by atoms with van der Waals surface area (Å²) in [6, 6.07) is 19.2. The number of halogens is 3. The molecule has 0 radical (unpaired) electrons. The fraction of sp³-hybridized carbons (Fsp3) is 0.387. The zero-order chi connectivity index (χ0) is 28.4. The summed E-state index contributed by atoms with van der Waals surface area (Å²) < 4.78 is 50.9. The highest BCUT2D eigenvalue weighted by molar-refractivity contribution is 5.66. The zero-order valence-electron chi connectivity index (χ0n) is 22.6. The highest BCUT2D eigenvalue weighted by Gasteiger charge is 2.30. The quantitative estimate of drug-likeness (QED) is 0.216. The number of rotatable bonds is 14. The van der Waals surface area contributed by atoms with Gasteiger partial charge in [-0.05, 0) is 80.6 Å². The Kier molecular flexibility index (Phi) is 10.8. The third kappa shape index (κ3) is 8.48. The predicted molar refractivity (Wildman–Crippen MR) is 145 cm³/mol. The summed E-state index contributed by atoms with van der Waals surface area (Å²) in [4.78, 5) is 13.4. The highest BCUT2D eigenvalue weighted by Crippen LogP contribution is 2.37. The number of methoxy groups -OCH3 is 2. The van der Waals surface area contributed by atoms with Crippen LogP contribution in [0.1, 0.15) is 59.5 Å². The van der Waals surface area contributed by atoms with E-state index in [1.165, 1.54) is 12.1 Å². The molecule has 0 aliphatic rings. The van der Waals surface area contributed by atoms with E-state index in [9.17, 15) is 18.0 Å². The first-order chi connectivity index (χ1) is 18.6. The van der Waals surface area contributed by atoms with Gasteiger partial charge in [0, 0.05) is 12.0 Å². The average molecular weight is 544 g/mol. The van der Waals surface area contributed by atoms with Crippen molar-refractivity contribution in [2.24, 2.45) is 0 Å². The first-order valence-electron chi connectivity index (χ1n) is 13.0. The minimum Gasteiger partial charge on any atom is -0.496 e. The van der Waals surface area contributed by atoms with Gasteiger partial charge in [0.05, 0.1) is 25.8 Å². The maximum Gasteiger partial charge on any atom is 0.416 e. The molecule has 8 heteroatoms. The van der Waals surface area contributed by atoms with Crippen LogP contribution >= 0.6 is 0 Å². The van der Waals surface area contributed by atoms with Gasteiger partial charge in [-0.15, -0.1) is 0 Å². The van der Waals surface area contributed by atoms with Crippen LogP contribution < -0.4 is 9.47 Å². The minimum atomic E-state index is -4.38. The van der Waals surface area contributed by atoms with Crippen LogP contribution in [0.2, 0.25) is 0 Å². The molecular formula is C31H36F3NO4. The first-order valence-corrected chi connectivity index (χ1v) is 13.0. The van der Waals surface area contributed by atoms with Crippen LogP contribution in [0.4, 0.5) is 13.2 Å². The number of aryl methyl sites for hydroxylation is 1. The molecule has 0 saturated carbocycles. The third-order valence-corrected chi connectivity index (χ3v) is 6.82. The number of unbranched alkanes of at least 4 members (excludes halogenated alkanes) is 1. The monoisotopic (exact) mass is 543 g/mol. The Hall–Kier alpha value is -3.52. The molecule has 1 unspecified atom stereocenters. The molecule has 0 aliphatic carbocycles. The summed E-state index contributed by atoms with van der Waals surface area (Å²) in [5, 5.41) is 9.11. The molecule has 0 heterocycles. The molecule has 0 aliphatic heterocycles. The molecule has 0 saturated heterocycles. The number of alkyl halides is 3. The van der Waals surface area contributed by atoms with Crippen molar-refractivity contribution in [3.05, 3.63) is 94.5 Å². The smallest absolute Gasteiger partial charge is 0.416 e. The molecule has 1 atom stereocenters. The summed E-state index contributed by atoms with van der Waals surface area (Å²) in [7, 11) is 3.23. The molecule has 3 rings (SSSR count). The fourth-order valence-electron chi connectivity index (χ4n) is 4.86.